The van der Waals surface area contributed by atoms with E-state index in [0.29, 0.717) is 49.4 Å². The van der Waals surface area contributed by atoms with E-state index in [-0.39, 0.29) is 5.91 Å². The summed E-state index contributed by atoms with van der Waals surface area (Å²) >= 11 is 1.39. The van der Waals surface area contributed by atoms with E-state index in [1.807, 2.05) is 36.1 Å². The molecule has 2 aromatic heterocycles. The van der Waals surface area contributed by atoms with Crippen LogP contribution in [0.15, 0.2) is 24.3 Å². The molecular formula is C25H30N4O4S. The van der Waals surface area contributed by atoms with Crippen molar-refractivity contribution in [2.45, 2.75) is 19.8 Å². The quantitative estimate of drug-likeness (QED) is 0.509. The molecule has 2 aliphatic heterocycles. The molecule has 0 spiro atoms. The number of hydrogen-bond donors (Lipinski definition) is 0. The summed E-state index contributed by atoms with van der Waals surface area (Å²) in [5, 5.41) is 0.834. The zero-order valence-electron chi connectivity index (χ0n) is 19.7. The van der Waals surface area contributed by atoms with Crippen LogP contribution in [0.5, 0.6) is 11.5 Å². The van der Waals surface area contributed by atoms with Crippen LogP contribution in [-0.4, -0.2) is 85.3 Å². The molecule has 0 saturated carbocycles. The summed E-state index contributed by atoms with van der Waals surface area (Å²) in [6, 6.07) is 7.68. The Labute approximate surface area is 203 Å². The van der Waals surface area contributed by atoms with Gasteiger partial charge in [0.2, 0.25) is 0 Å². The summed E-state index contributed by atoms with van der Waals surface area (Å²) in [5.41, 5.74) is 1.71. The highest BCUT2D eigenvalue weighted by molar-refractivity contribution is 7.21. The number of ether oxygens (including phenoxy) is 3. The number of fused-ring (bicyclic) bond motifs is 1. The van der Waals surface area contributed by atoms with E-state index < -0.39 is 0 Å². The Balaban J connectivity index is 1.50. The van der Waals surface area contributed by atoms with E-state index >= 15 is 0 Å². The normalized spacial score (nSPS) is 16.8. The monoisotopic (exact) mass is 482 g/mol. The Morgan fingerprint density at radius 1 is 1.09 bits per heavy atom. The van der Waals surface area contributed by atoms with Crippen molar-refractivity contribution in [1.82, 2.24) is 19.8 Å². The Bertz CT molecular complexity index is 1150. The standard InChI is InChI=1S/C25H30N4O4S/c1-17-20-21(33-16-11-28-9-3-4-10-28)22(25(30)29-12-14-32-15-13-29)34-24(20)27-23(26-17)18-5-7-19(31-2)8-6-18/h5-8H,3-4,9-16H2,1-2H3. The molecule has 0 atom stereocenters. The maximum atomic E-state index is 13.5. The molecule has 2 saturated heterocycles. The van der Waals surface area contributed by atoms with Crippen LogP contribution in [0.2, 0.25) is 0 Å². The number of morpholine rings is 1. The van der Waals surface area contributed by atoms with E-state index in [1.165, 1.54) is 24.2 Å². The molecule has 2 fully saturated rings. The van der Waals surface area contributed by atoms with Gasteiger partial charge in [-0.05, 0) is 57.1 Å². The van der Waals surface area contributed by atoms with Crippen molar-refractivity contribution in [2.75, 3.05) is 59.7 Å². The highest BCUT2D eigenvalue weighted by Crippen LogP contribution is 2.40. The number of carbonyl (C=O) groups is 1. The summed E-state index contributed by atoms with van der Waals surface area (Å²) in [5.74, 6) is 2.01. The fraction of sp³-hybridized carbons (Fsp3) is 0.480. The predicted molar refractivity (Wildman–Crippen MR) is 132 cm³/mol. The van der Waals surface area contributed by atoms with Crippen LogP contribution in [0.3, 0.4) is 0 Å². The van der Waals surface area contributed by atoms with Crippen molar-refractivity contribution >= 4 is 27.5 Å². The van der Waals surface area contributed by atoms with Crippen molar-refractivity contribution in [2.24, 2.45) is 0 Å². The van der Waals surface area contributed by atoms with Crippen molar-refractivity contribution in [3.63, 3.8) is 0 Å². The van der Waals surface area contributed by atoms with E-state index in [0.717, 1.165) is 46.9 Å². The van der Waals surface area contributed by atoms with Gasteiger partial charge in [-0.15, -0.1) is 11.3 Å². The van der Waals surface area contributed by atoms with Gasteiger partial charge in [-0.25, -0.2) is 9.97 Å². The van der Waals surface area contributed by atoms with Gasteiger partial charge in [-0.3, -0.25) is 9.69 Å². The smallest absolute Gasteiger partial charge is 0.268 e. The van der Waals surface area contributed by atoms with Gasteiger partial charge in [-0.2, -0.15) is 0 Å². The third kappa shape index (κ3) is 4.73. The molecule has 34 heavy (non-hydrogen) atoms. The summed E-state index contributed by atoms with van der Waals surface area (Å²) in [4.78, 5) is 28.7. The third-order valence-corrected chi connectivity index (χ3v) is 7.44. The molecule has 8 nitrogen and oxygen atoms in total. The molecule has 4 heterocycles. The number of aromatic nitrogens is 2. The first-order valence-electron chi connectivity index (χ1n) is 11.8. The van der Waals surface area contributed by atoms with Crippen molar-refractivity contribution in [3.05, 3.63) is 34.8 Å². The van der Waals surface area contributed by atoms with Crippen LogP contribution in [0.1, 0.15) is 28.2 Å². The van der Waals surface area contributed by atoms with Crippen molar-refractivity contribution in [3.8, 4) is 22.9 Å². The Kier molecular flexibility index (Phi) is 6.94. The second-order valence-electron chi connectivity index (χ2n) is 8.60. The average Bonchev–Trinajstić information content (AvgIpc) is 3.52. The number of amides is 1. The average molecular weight is 483 g/mol. The van der Waals surface area contributed by atoms with E-state index in [2.05, 4.69) is 4.90 Å². The minimum Gasteiger partial charge on any atom is -0.497 e. The molecule has 0 unspecified atom stereocenters. The van der Waals surface area contributed by atoms with Crippen LogP contribution in [0.4, 0.5) is 0 Å². The van der Waals surface area contributed by atoms with Gasteiger partial charge >= 0.3 is 0 Å². The minimum atomic E-state index is -0.0205. The lowest BCUT2D eigenvalue weighted by atomic mass is 10.2. The number of likely N-dealkylation sites (tertiary alicyclic amines) is 1. The number of thiophene rings is 1. The van der Waals surface area contributed by atoms with Gasteiger partial charge in [-0.1, -0.05) is 0 Å². The van der Waals surface area contributed by atoms with Crippen LogP contribution in [-0.2, 0) is 4.74 Å². The molecule has 0 bridgehead atoms. The Morgan fingerprint density at radius 3 is 2.53 bits per heavy atom. The fourth-order valence-electron chi connectivity index (χ4n) is 4.48. The van der Waals surface area contributed by atoms with Gasteiger partial charge in [0.1, 0.15) is 22.1 Å². The zero-order chi connectivity index (χ0) is 23.5. The summed E-state index contributed by atoms with van der Waals surface area (Å²) in [6.45, 7) is 7.86. The third-order valence-electron chi connectivity index (χ3n) is 6.38. The summed E-state index contributed by atoms with van der Waals surface area (Å²) in [7, 11) is 1.64. The SMILES string of the molecule is COc1ccc(-c2nc(C)c3c(OCCN4CCCC4)c(C(=O)N4CCOCC4)sc3n2)cc1. The number of benzene rings is 1. The largest absolute Gasteiger partial charge is 0.497 e. The molecule has 2 aliphatic rings. The Morgan fingerprint density at radius 2 is 1.82 bits per heavy atom. The lowest BCUT2D eigenvalue weighted by Crippen LogP contribution is -2.40. The zero-order valence-corrected chi connectivity index (χ0v) is 20.5. The van der Waals surface area contributed by atoms with Gasteiger partial charge in [0.25, 0.3) is 5.91 Å². The number of methoxy groups -OCH3 is 1. The topological polar surface area (TPSA) is 77.0 Å². The maximum absolute atomic E-state index is 13.5. The number of rotatable bonds is 7. The molecule has 3 aromatic rings. The number of hydrogen-bond acceptors (Lipinski definition) is 8. The van der Waals surface area contributed by atoms with Crippen molar-refractivity contribution in [1.29, 1.82) is 0 Å². The van der Waals surface area contributed by atoms with Gasteiger partial charge in [0.15, 0.2) is 11.6 Å². The van der Waals surface area contributed by atoms with Gasteiger partial charge in [0.05, 0.1) is 31.4 Å². The molecular weight excluding hydrogens is 452 g/mol. The van der Waals surface area contributed by atoms with E-state index in [4.69, 9.17) is 24.2 Å². The molecule has 9 heteroatoms. The van der Waals surface area contributed by atoms with Crippen LogP contribution < -0.4 is 9.47 Å². The van der Waals surface area contributed by atoms with Crippen LogP contribution in [0, 0.1) is 6.92 Å². The first kappa shape index (κ1) is 23.0. The predicted octanol–water partition coefficient (Wildman–Crippen LogP) is 3.62. The molecule has 180 valence electrons. The summed E-state index contributed by atoms with van der Waals surface area (Å²) < 4.78 is 17.0. The number of nitrogens with zero attached hydrogens (tertiary/aromatic N) is 4. The van der Waals surface area contributed by atoms with Gasteiger partial charge in [0, 0.05) is 25.2 Å². The molecule has 1 amide bonds. The highest BCUT2D eigenvalue weighted by Gasteiger charge is 2.28. The second kappa shape index (κ2) is 10.2. The summed E-state index contributed by atoms with van der Waals surface area (Å²) in [6.07, 6.45) is 2.48. The Hall–Kier alpha value is -2.75. The first-order chi connectivity index (χ1) is 16.6. The fourth-order valence-corrected chi connectivity index (χ4v) is 5.62. The molecule has 0 radical (unpaired) electrons. The van der Waals surface area contributed by atoms with Crippen LogP contribution >= 0.6 is 11.3 Å². The van der Waals surface area contributed by atoms with Crippen molar-refractivity contribution < 1.29 is 19.0 Å². The minimum absolute atomic E-state index is 0.0205. The highest BCUT2D eigenvalue weighted by atomic mass is 32.1. The first-order valence-corrected chi connectivity index (χ1v) is 12.6. The van der Waals surface area contributed by atoms with Crippen LogP contribution in [0.25, 0.3) is 21.6 Å². The van der Waals surface area contributed by atoms with Gasteiger partial charge < -0.3 is 19.1 Å². The second-order valence-corrected chi connectivity index (χ2v) is 9.60. The maximum Gasteiger partial charge on any atom is 0.268 e. The molecule has 1 aromatic carbocycles. The van der Waals surface area contributed by atoms with E-state index in [1.54, 1.807) is 7.11 Å². The molecule has 5 rings (SSSR count). The van der Waals surface area contributed by atoms with E-state index in [9.17, 15) is 4.79 Å². The molecule has 0 aliphatic carbocycles. The number of aryl methyl sites for hydroxylation is 1. The molecule has 0 N–H and O–H groups in total. The lowest BCUT2D eigenvalue weighted by molar-refractivity contribution is 0.0304. The number of carbonyl (C=O) groups excluding carboxylic acids is 1. The lowest BCUT2D eigenvalue weighted by Gasteiger charge is -2.26.